The highest BCUT2D eigenvalue weighted by atomic mass is 32.2. The van der Waals surface area contributed by atoms with Crippen molar-refractivity contribution in [2.45, 2.75) is 30.7 Å². The third kappa shape index (κ3) is 5.33. The van der Waals surface area contributed by atoms with Gasteiger partial charge in [0.1, 0.15) is 5.82 Å². The summed E-state index contributed by atoms with van der Waals surface area (Å²) in [7, 11) is -1.75. The first-order valence-corrected chi connectivity index (χ1v) is 12.3. The number of carbonyl (C=O) groups is 1. The molecule has 174 valence electrons. The standard InChI is InChI=1S/C23H25FN4O4S/c1-27(23(30)9-15-2-3-17-14-33(31,32)26-21(17)8-15)22(13-28-5-4-20(29)12-28)18-6-16(11-25)7-19(24)10-18/h2-3,6-8,10,20,22,26,29H,4-5,9,12-14H2,1H3/t20-,22+/m0/s1. The molecular weight excluding hydrogens is 447 g/mol. The second kappa shape index (κ2) is 9.09. The van der Waals surface area contributed by atoms with Gasteiger partial charge in [-0.25, -0.2) is 12.8 Å². The molecule has 1 fully saturated rings. The monoisotopic (exact) mass is 472 g/mol. The Hall–Kier alpha value is -3.00. The average Bonchev–Trinajstić information content (AvgIpc) is 3.30. The number of amides is 1. The summed E-state index contributed by atoms with van der Waals surface area (Å²) in [4.78, 5) is 16.7. The van der Waals surface area contributed by atoms with Crippen molar-refractivity contribution < 1.29 is 22.7 Å². The van der Waals surface area contributed by atoms with Crippen LogP contribution in [0.5, 0.6) is 0 Å². The maximum atomic E-state index is 14.2. The molecule has 0 bridgehead atoms. The van der Waals surface area contributed by atoms with Crippen molar-refractivity contribution in [1.82, 2.24) is 9.80 Å². The third-order valence-electron chi connectivity index (χ3n) is 6.11. The summed E-state index contributed by atoms with van der Waals surface area (Å²) in [6, 6.07) is 10.6. The summed E-state index contributed by atoms with van der Waals surface area (Å²) >= 11 is 0. The number of carbonyl (C=O) groups excluding carboxylic acids is 1. The molecule has 0 saturated carbocycles. The molecule has 2 aromatic rings. The highest BCUT2D eigenvalue weighted by Crippen LogP contribution is 2.29. The molecule has 2 aliphatic heterocycles. The Morgan fingerprint density at radius 2 is 2.15 bits per heavy atom. The van der Waals surface area contributed by atoms with Crippen molar-refractivity contribution in [3.8, 4) is 6.07 Å². The summed E-state index contributed by atoms with van der Waals surface area (Å²) in [5, 5.41) is 19.1. The average molecular weight is 473 g/mol. The molecule has 0 spiro atoms. The number of benzene rings is 2. The topological polar surface area (TPSA) is 114 Å². The Kier molecular flexibility index (Phi) is 6.38. The number of likely N-dealkylation sites (tertiary alicyclic amines) is 1. The zero-order valence-electron chi connectivity index (χ0n) is 18.2. The number of anilines is 1. The van der Waals surface area contributed by atoms with Crippen LogP contribution in [0, 0.1) is 17.1 Å². The van der Waals surface area contributed by atoms with Crippen LogP contribution in [0.4, 0.5) is 10.1 Å². The number of aliphatic hydroxyl groups excluding tert-OH is 1. The van der Waals surface area contributed by atoms with E-state index in [0.29, 0.717) is 48.4 Å². The Balaban J connectivity index is 1.57. The first-order chi connectivity index (χ1) is 15.6. The number of fused-ring (bicyclic) bond motifs is 1. The van der Waals surface area contributed by atoms with Crippen molar-refractivity contribution >= 4 is 21.6 Å². The van der Waals surface area contributed by atoms with Gasteiger partial charge in [-0.05, 0) is 47.4 Å². The molecule has 0 aromatic heterocycles. The summed E-state index contributed by atoms with van der Waals surface area (Å²) < 4.78 is 40.2. The second-order valence-electron chi connectivity index (χ2n) is 8.64. The van der Waals surface area contributed by atoms with Crippen LogP contribution in [0.2, 0.25) is 0 Å². The molecule has 10 heteroatoms. The number of halogens is 1. The van der Waals surface area contributed by atoms with E-state index in [1.807, 2.05) is 11.0 Å². The predicted octanol–water partition coefficient (Wildman–Crippen LogP) is 1.76. The number of nitrogens with one attached hydrogen (secondary N) is 1. The van der Waals surface area contributed by atoms with Crippen LogP contribution < -0.4 is 4.72 Å². The molecule has 2 aliphatic rings. The normalized spacial score (nSPS) is 20.0. The van der Waals surface area contributed by atoms with Gasteiger partial charge in [-0.15, -0.1) is 0 Å². The Bertz CT molecular complexity index is 1230. The molecule has 4 rings (SSSR count). The van der Waals surface area contributed by atoms with E-state index < -0.39 is 28.0 Å². The van der Waals surface area contributed by atoms with E-state index in [2.05, 4.69) is 4.72 Å². The van der Waals surface area contributed by atoms with Crippen LogP contribution in [0.1, 0.15) is 34.7 Å². The molecule has 1 saturated heterocycles. The number of aliphatic hydroxyl groups is 1. The van der Waals surface area contributed by atoms with Crippen LogP contribution in [0.15, 0.2) is 36.4 Å². The molecule has 2 heterocycles. The van der Waals surface area contributed by atoms with Gasteiger partial charge in [-0.3, -0.25) is 14.4 Å². The summed E-state index contributed by atoms with van der Waals surface area (Å²) in [6.07, 6.45) is 0.219. The number of likely N-dealkylation sites (N-methyl/N-ethyl adjacent to an activating group) is 1. The summed E-state index contributed by atoms with van der Waals surface area (Å²) in [5.41, 5.74) is 2.47. The van der Waals surface area contributed by atoms with Crippen molar-refractivity contribution in [3.05, 3.63) is 64.5 Å². The SMILES string of the molecule is CN(C(=O)Cc1ccc2c(c1)NS(=O)(=O)C2)[C@H](CN1CC[C@H](O)C1)c1cc(F)cc(C#N)c1. The number of nitriles is 1. The number of sulfonamides is 1. The van der Waals surface area contributed by atoms with Crippen LogP contribution in [0.3, 0.4) is 0 Å². The van der Waals surface area contributed by atoms with E-state index in [0.717, 1.165) is 6.07 Å². The van der Waals surface area contributed by atoms with Crippen LogP contribution in [-0.4, -0.2) is 62.0 Å². The zero-order chi connectivity index (χ0) is 23.8. The molecule has 0 radical (unpaired) electrons. The Morgan fingerprint density at radius 3 is 2.85 bits per heavy atom. The van der Waals surface area contributed by atoms with Crippen molar-refractivity contribution in [2.24, 2.45) is 0 Å². The smallest absolute Gasteiger partial charge is 0.237 e. The van der Waals surface area contributed by atoms with Crippen LogP contribution in [-0.2, 0) is 27.0 Å². The van der Waals surface area contributed by atoms with Gasteiger partial charge in [0.2, 0.25) is 15.9 Å². The molecule has 2 aromatic carbocycles. The third-order valence-corrected chi connectivity index (χ3v) is 7.34. The van der Waals surface area contributed by atoms with Crippen LogP contribution in [0.25, 0.3) is 0 Å². The van der Waals surface area contributed by atoms with E-state index >= 15 is 0 Å². The van der Waals surface area contributed by atoms with Gasteiger partial charge in [-0.1, -0.05) is 12.1 Å². The number of hydrogen-bond donors (Lipinski definition) is 2. The highest BCUT2D eigenvalue weighted by molar-refractivity contribution is 7.92. The van der Waals surface area contributed by atoms with Gasteiger partial charge in [0.25, 0.3) is 0 Å². The molecule has 8 nitrogen and oxygen atoms in total. The summed E-state index contributed by atoms with van der Waals surface area (Å²) in [6.45, 7) is 1.51. The lowest BCUT2D eigenvalue weighted by Gasteiger charge is -2.32. The minimum Gasteiger partial charge on any atom is -0.392 e. The van der Waals surface area contributed by atoms with Gasteiger partial charge < -0.3 is 10.0 Å². The predicted molar refractivity (Wildman–Crippen MR) is 120 cm³/mol. The lowest BCUT2D eigenvalue weighted by molar-refractivity contribution is -0.131. The second-order valence-corrected chi connectivity index (χ2v) is 10.4. The molecular formula is C23H25FN4O4S. The highest BCUT2D eigenvalue weighted by Gasteiger charge is 2.29. The number of nitrogens with zero attached hydrogens (tertiary/aromatic N) is 3. The fraction of sp³-hybridized carbons (Fsp3) is 0.391. The van der Waals surface area contributed by atoms with Crippen molar-refractivity contribution in [1.29, 1.82) is 5.26 Å². The largest absolute Gasteiger partial charge is 0.392 e. The first-order valence-electron chi connectivity index (χ1n) is 10.6. The Morgan fingerprint density at radius 1 is 1.36 bits per heavy atom. The molecule has 2 atom stereocenters. The zero-order valence-corrected chi connectivity index (χ0v) is 19.0. The molecule has 0 aliphatic carbocycles. The number of hydrogen-bond acceptors (Lipinski definition) is 6. The molecule has 33 heavy (non-hydrogen) atoms. The lowest BCUT2D eigenvalue weighted by Crippen LogP contribution is -2.39. The van der Waals surface area contributed by atoms with E-state index in [9.17, 15) is 28.0 Å². The van der Waals surface area contributed by atoms with Crippen molar-refractivity contribution in [2.75, 3.05) is 31.4 Å². The van der Waals surface area contributed by atoms with Gasteiger partial charge in [0.05, 0.1) is 41.6 Å². The first kappa shape index (κ1) is 23.2. The van der Waals surface area contributed by atoms with Gasteiger partial charge >= 0.3 is 0 Å². The number of β-amino-alcohol motifs (C(OH)–C–C–N with tert-alkyl or cyclic N) is 1. The van der Waals surface area contributed by atoms with E-state index in [1.54, 1.807) is 31.3 Å². The van der Waals surface area contributed by atoms with Gasteiger partial charge in [-0.2, -0.15) is 5.26 Å². The number of rotatable bonds is 6. The lowest BCUT2D eigenvalue weighted by atomic mass is 10.0. The maximum Gasteiger partial charge on any atom is 0.237 e. The molecule has 1 amide bonds. The fourth-order valence-corrected chi connectivity index (χ4v) is 5.64. The maximum absolute atomic E-state index is 14.2. The van der Waals surface area contributed by atoms with Crippen LogP contribution >= 0.6 is 0 Å². The molecule has 0 unspecified atom stereocenters. The molecule has 2 N–H and O–H groups in total. The Labute approximate surface area is 192 Å². The van der Waals surface area contributed by atoms with Crippen molar-refractivity contribution in [3.63, 3.8) is 0 Å². The minimum absolute atomic E-state index is 0.0328. The van der Waals surface area contributed by atoms with E-state index in [1.165, 1.54) is 11.0 Å². The minimum atomic E-state index is -3.38. The summed E-state index contributed by atoms with van der Waals surface area (Å²) in [5.74, 6) is -0.869. The van der Waals surface area contributed by atoms with Gasteiger partial charge in [0.15, 0.2) is 0 Å². The van der Waals surface area contributed by atoms with E-state index in [-0.39, 0.29) is 23.6 Å². The van der Waals surface area contributed by atoms with E-state index in [4.69, 9.17) is 0 Å². The fourth-order valence-electron chi connectivity index (χ4n) is 4.38. The quantitative estimate of drug-likeness (QED) is 0.662. The van der Waals surface area contributed by atoms with Gasteiger partial charge in [0, 0.05) is 26.7 Å².